The van der Waals surface area contributed by atoms with Gasteiger partial charge in [0.15, 0.2) is 0 Å². The molecule has 6 nitrogen and oxygen atoms in total. The van der Waals surface area contributed by atoms with E-state index >= 15 is 0 Å². The zero-order valence-corrected chi connectivity index (χ0v) is 12.4. The number of nitrogen functional groups attached to an aromatic ring is 1. The van der Waals surface area contributed by atoms with Gasteiger partial charge in [0.2, 0.25) is 5.91 Å². The first kappa shape index (κ1) is 16.2. The molecule has 0 spiro atoms. The molecule has 3 N–H and O–H groups in total. The summed E-state index contributed by atoms with van der Waals surface area (Å²) < 4.78 is 1.62. The summed E-state index contributed by atoms with van der Waals surface area (Å²) >= 11 is 0. The Bertz CT molecular complexity index is 498. The monoisotopic (exact) mass is 280 g/mol. The number of nitrogens with zero attached hydrogens (tertiary/aromatic N) is 2. The van der Waals surface area contributed by atoms with Gasteiger partial charge in [0, 0.05) is 44.0 Å². The van der Waals surface area contributed by atoms with E-state index in [1.54, 1.807) is 23.9 Å². The Morgan fingerprint density at radius 1 is 1.50 bits per heavy atom. The lowest BCUT2D eigenvalue weighted by Gasteiger charge is -2.20. The molecular weight excluding hydrogens is 256 g/mol. The molecule has 1 unspecified atom stereocenters. The molecule has 1 aromatic heterocycles. The Morgan fingerprint density at radius 2 is 2.20 bits per heavy atom. The first-order valence-corrected chi connectivity index (χ1v) is 6.80. The van der Waals surface area contributed by atoms with E-state index in [1.807, 2.05) is 14.0 Å². The number of aromatic nitrogens is 1. The van der Waals surface area contributed by atoms with Crippen molar-refractivity contribution in [1.82, 2.24) is 14.8 Å². The molecule has 1 aromatic rings. The second-order valence-corrected chi connectivity index (χ2v) is 5.13. The van der Waals surface area contributed by atoms with Crippen LogP contribution in [-0.4, -0.2) is 42.6 Å². The first-order valence-electron chi connectivity index (χ1n) is 6.80. The molecule has 1 amide bonds. The number of hydrogen-bond acceptors (Lipinski definition) is 4. The average Bonchev–Trinajstić information content (AvgIpc) is 2.41. The molecule has 0 saturated carbocycles. The van der Waals surface area contributed by atoms with E-state index < -0.39 is 0 Å². The van der Waals surface area contributed by atoms with Crippen molar-refractivity contribution in [2.75, 3.05) is 32.9 Å². The van der Waals surface area contributed by atoms with Gasteiger partial charge in [-0.25, -0.2) is 0 Å². The van der Waals surface area contributed by atoms with Gasteiger partial charge >= 0.3 is 0 Å². The lowest BCUT2D eigenvalue weighted by atomic mass is 10.1. The maximum atomic E-state index is 11.6. The third-order valence-electron chi connectivity index (χ3n) is 3.22. The van der Waals surface area contributed by atoms with Crippen LogP contribution in [0.4, 0.5) is 5.69 Å². The van der Waals surface area contributed by atoms with E-state index in [4.69, 9.17) is 5.73 Å². The Hall–Kier alpha value is -1.82. The number of hydrogen-bond donors (Lipinski definition) is 2. The topological polar surface area (TPSA) is 80.4 Å². The zero-order chi connectivity index (χ0) is 15.1. The van der Waals surface area contributed by atoms with Crippen LogP contribution in [0.1, 0.15) is 13.3 Å². The SMILES string of the molecule is CNC(=O)C(C)CN(C)CCCn1cc(N)ccc1=O. The summed E-state index contributed by atoms with van der Waals surface area (Å²) in [4.78, 5) is 25.1. The highest BCUT2D eigenvalue weighted by Crippen LogP contribution is 2.01. The number of aryl methyl sites for hydroxylation is 1. The number of anilines is 1. The molecule has 1 rings (SSSR count). The Kier molecular flexibility index (Phi) is 6.24. The number of carbonyl (C=O) groups excluding carboxylic acids is 1. The lowest BCUT2D eigenvalue weighted by molar-refractivity contribution is -0.124. The van der Waals surface area contributed by atoms with Crippen LogP contribution in [0.25, 0.3) is 0 Å². The normalized spacial score (nSPS) is 12.4. The van der Waals surface area contributed by atoms with Crippen LogP contribution in [0.3, 0.4) is 0 Å². The molecule has 0 aliphatic carbocycles. The molecule has 20 heavy (non-hydrogen) atoms. The number of amides is 1. The molecule has 112 valence electrons. The summed E-state index contributed by atoms with van der Waals surface area (Å²) in [6.07, 6.45) is 2.50. The fraction of sp³-hybridized carbons (Fsp3) is 0.571. The van der Waals surface area contributed by atoms with Gasteiger partial charge in [-0.1, -0.05) is 6.92 Å². The fourth-order valence-corrected chi connectivity index (χ4v) is 2.12. The predicted octanol–water partition coefficient (Wildman–Crippen LogP) is 0.135. The quantitative estimate of drug-likeness (QED) is 0.744. The standard InChI is InChI=1S/C14H24N4O2/c1-11(14(20)16-2)9-17(3)7-4-8-18-10-12(15)5-6-13(18)19/h5-6,10-11H,4,7-9,15H2,1-3H3,(H,16,20). The zero-order valence-electron chi connectivity index (χ0n) is 12.4. The third-order valence-corrected chi connectivity index (χ3v) is 3.22. The molecule has 1 atom stereocenters. The summed E-state index contributed by atoms with van der Waals surface area (Å²) in [5.41, 5.74) is 6.21. The van der Waals surface area contributed by atoms with Crippen molar-refractivity contribution >= 4 is 11.6 Å². The molecule has 0 aliphatic rings. The molecule has 6 heteroatoms. The maximum absolute atomic E-state index is 11.6. The van der Waals surface area contributed by atoms with Crippen molar-refractivity contribution < 1.29 is 4.79 Å². The first-order chi connectivity index (χ1) is 9.43. The summed E-state index contributed by atoms with van der Waals surface area (Å²) in [6.45, 7) is 4.05. The molecule has 0 aliphatic heterocycles. The number of pyridine rings is 1. The highest BCUT2D eigenvalue weighted by Gasteiger charge is 2.13. The van der Waals surface area contributed by atoms with Gasteiger partial charge in [0.25, 0.3) is 5.56 Å². The van der Waals surface area contributed by atoms with Crippen LogP contribution in [0, 0.1) is 5.92 Å². The minimum Gasteiger partial charge on any atom is -0.398 e. The van der Waals surface area contributed by atoms with Gasteiger partial charge in [0.05, 0.1) is 0 Å². The van der Waals surface area contributed by atoms with Gasteiger partial charge in [-0.3, -0.25) is 9.59 Å². The summed E-state index contributed by atoms with van der Waals surface area (Å²) in [6, 6.07) is 3.09. The van der Waals surface area contributed by atoms with E-state index in [0.29, 0.717) is 18.8 Å². The number of rotatable bonds is 7. The largest absolute Gasteiger partial charge is 0.398 e. The van der Waals surface area contributed by atoms with Gasteiger partial charge in [-0.05, 0) is 26.1 Å². The lowest BCUT2D eigenvalue weighted by Crippen LogP contribution is -2.35. The molecule has 0 bridgehead atoms. The Balaban J connectivity index is 2.38. The van der Waals surface area contributed by atoms with Gasteiger partial charge in [-0.2, -0.15) is 0 Å². The molecular formula is C14H24N4O2. The molecule has 0 radical (unpaired) electrons. The van der Waals surface area contributed by atoms with E-state index in [0.717, 1.165) is 13.0 Å². The van der Waals surface area contributed by atoms with Crippen LogP contribution in [0.2, 0.25) is 0 Å². The summed E-state index contributed by atoms with van der Waals surface area (Å²) in [7, 11) is 3.62. The van der Waals surface area contributed by atoms with Crippen molar-refractivity contribution in [3.05, 3.63) is 28.7 Å². The van der Waals surface area contributed by atoms with Crippen LogP contribution in [0.5, 0.6) is 0 Å². The number of nitrogens with two attached hydrogens (primary N) is 1. The predicted molar refractivity (Wildman–Crippen MR) is 80.5 cm³/mol. The number of carbonyl (C=O) groups is 1. The summed E-state index contributed by atoms with van der Waals surface area (Å²) in [5.74, 6) is 0.00370. The highest BCUT2D eigenvalue weighted by molar-refractivity contribution is 5.78. The van der Waals surface area contributed by atoms with Crippen molar-refractivity contribution in [2.24, 2.45) is 5.92 Å². The molecule has 1 heterocycles. The van der Waals surface area contributed by atoms with E-state index in [1.165, 1.54) is 6.07 Å². The summed E-state index contributed by atoms with van der Waals surface area (Å²) in [5, 5.41) is 2.64. The van der Waals surface area contributed by atoms with Gasteiger partial charge in [0.1, 0.15) is 0 Å². The van der Waals surface area contributed by atoms with Gasteiger partial charge in [-0.15, -0.1) is 0 Å². The van der Waals surface area contributed by atoms with Crippen molar-refractivity contribution in [3.63, 3.8) is 0 Å². The maximum Gasteiger partial charge on any atom is 0.250 e. The molecule has 0 fully saturated rings. The minimum atomic E-state index is -0.0416. The highest BCUT2D eigenvalue weighted by atomic mass is 16.1. The third kappa shape index (κ3) is 5.05. The van der Waals surface area contributed by atoms with Crippen molar-refractivity contribution in [2.45, 2.75) is 19.9 Å². The smallest absolute Gasteiger partial charge is 0.250 e. The van der Waals surface area contributed by atoms with Crippen LogP contribution >= 0.6 is 0 Å². The van der Waals surface area contributed by atoms with Crippen LogP contribution in [-0.2, 0) is 11.3 Å². The van der Waals surface area contributed by atoms with Gasteiger partial charge < -0.3 is 20.5 Å². The minimum absolute atomic E-state index is 0.0411. The Morgan fingerprint density at radius 3 is 2.85 bits per heavy atom. The van der Waals surface area contributed by atoms with Crippen molar-refractivity contribution in [1.29, 1.82) is 0 Å². The Labute approximate surface area is 119 Å². The second kappa shape index (κ2) is 7.69. The number of nitrogens with one attached hydrogen (secondary N) is 1. The molecule has 0 saturated heterocycles. The van der Waals surface area contributed by atoms with E-state index in [2.05, 4.69) is 10.2 Å². The van der Waals surface area contributed by atoms with Crippen molar-refractivity contribution in [3.8, 4) is 0 Å². The molecule has 0 aromatic carbocycles. The van der Waals surface area contributed by atoms with Crippen LogP contribution in [0.15, 0.2) is 23.1 Å². The van der Waals surface area contributed by atoms with E-state index in [9.17, 15) is 9.59 Å². The fourth-order valence-electron chi connectivity index (χ4n) is 2.12. The van der Waals surface area contributed by atoms with E-state index in [-0.39, 0.29) is 17.4 Å². The van der Waals surface area contributed by atoms with Crippen LogP contribution < -0.4 is 16.6 Å². The average molecular weight is 280 g/mol. The second-order valence-electron chi connectivity index (χ2n) is 5.13.